The van der Waals surface area contributed by atoms with Crippen LogP contribution >= 0.6 is 0 Å². The van der Waals surface area contributed by atoms with Crippen LogP contribution < -0.4 is 0 Å². The molecule has 0 saturated carbocycles. The van der Waals surface area contributed by atoms with Crippen molar-refractivity contribution in [3.05, 3.63) is 107 Å². The van der Waals surface area contributed by atoms with E-state index in [2.05, 4.69) is 4.90 Å². The predicted octanol–water partition coefficient (Wildman–Crippen LogP) is 5.34. The molecule has 0 aliphatic carbocycles. The molecule has 33 heavy (non-hydrogen) atoms. The Labute approximate surface area is 195 Å². The minimum Gasteiger partial charge on any atom is -0.478 e. The van der Waals surface area contributed by atoms with Gasteiger partial charge in [-0.25, -0.2) is 4.79 Å². The molecule has 5 heteroatoms. The van der Waals surface area contributed by atoms with Gasteiger partial charge in [0, 0.05) is 13.1 Å². The second kappa shape index (κ2) is 12.6. The maximum absolute atomic E-state index is 13.3. The van der Waals surface area contributed by atoms with Crippen molar-refractivity contribution in [2.24, 2.45) is 0 Å². The van der Waals surface area contributed by atoms with Crippen molar-refractivity contribution in [1.29, 1.82) is 0 Å². The van der Waals surface area contributed by atoms with Gasteiger partial charge in [-0.2, -0.15) is 0 Å². The summed E-state index contributed by atoms with van der Waals surface area (Å²) >= 11 is 0. The zero-order valence-corrected chi connectivity index (χ0v) is 19.0. The minimum absolute atomic E-state index is 0.211. The molecule has 0 saturated heterocycles. The minimum atomic E-state index is -0.999. The summed E-state index contributed by atoms with van der Waals surface area (Å²) in [5.74, 6) is -1.32. The monoisotopic (exact) mass is 445 g/mol. The van der Waals surface area contributed by atoms with Crippen molar-refractivity contribution in [3.8, 4) is 0 Å². The second-order valence-electron chi connectivity index (χ2n) is 8.08. The number of unbranched alkanes of at least 4 members (excludes halogenated alkanes) is 1. The van der Waals surface area contributed by atoms with E-state index in [1.54, 1.807) is 24.3 Å². The van der Waals surface area contributed by atoms with Gasteiger partial charge in [-0.05, 0) is 35.6 Å². The fourth-order valence-corrected chi connectivity index (χ4v) is 3.80. The molecule has 3 aromatic carbocycles. The molecule has 172 valence electrons. The molecule has 3 aromatic rings. The van der Waals surface area contributed by atoms with Crippen LogP contribution in [0, 0.1) is 0 Å². The molecule has 1 N–H and O–H groups in total. The summed E-state index contributed by atoms with van der Waals surface area (Å²) in [5.41, 5.74) is 2.98. The lowest BCUT2D eigenvalue weighted by molar-refractivity contribution is -0.150. The normalized spacial score (nSPS) is 11.8. The number of carbonyl (C=O) groups is 2. The van der Waals surface area contributed by atoms with E-state index in [0.717, 1.165) is 24.0 Å². The Bertz CT molecular complexity index is 979. The number of carbonyl (C=O) groups excluding carboxylic acids is 1. The molecule has 0 radical (unpaired) electrons. The quantitative estimate of drug-likeness (QED) is 0.301. The number of nitrogens with zero attached hydrogens (tertiary/aromatic N) is 1. The largest absolute Gasteiger partial charge is 0.478 e. The summed E-state index contributed by atoms with van der Waals surface area (Å²) in [6, 6.07) is 26.2. The van der Waals surface area contributed by atoms with Gasteiger partial charge >= 0.3 is 11.9 Å². The predicted molar refractivity (Wildman–Crippen MR) is 129 cm³/mol. The molecule has 0 unspecified atom stereocenters. The average molecular weight is 446 g/mol. The van der Waals surface area contributed by atoms with Crippen molar-refractivity contribution < 1.29 is 19.4 Å². The van der Waals surface area contributed by atoms with Crippen LogP contribution in [-0.4, -0.2) is 34.6 Å². The van der Waals surface area contributed by atoms with Crippen molar-refractivity contribution in [3.63, 3.8) is 0 Å². The highest BCUT2D eigenvalue weighted by atomic mass is 16.5. The van der Waals surface area contributed by atoms with Crippen molar-refractivity contribution in [2.75, 3.05) is 6.61 Å². The molecule has 0 fully saturated rings. The van der Waals surface area contributed by atoms with Crippen molar-refractivity contribution in [2.45, 2.75) is 45.3 Å². The fraction of sp³-hybridized carbons (Fsp3) is 0.286. The molecule has 0 heterocycles. The van der Waals surface area contributed by atoms with E-state index < -0.39 is 12.0 Å². The van der Waals surface area contributed by atoms with E-state index in [9.17, 15) is 14.7 Å². The SMILES string of the molecule is CCCCOC(=O)[C@H](Cc1ccccc1C(=O)O)N(Cc1ccccc1)Cc1ccccc1. The molecule has 1 atom stereocenters. The third-order valence-electron chi connectivity index (χ3n) is 5.57. The van der Waals surface area contributed by atoms with Crippen LogP contribution in [-0.2, 0) is 29.0 Å². The van der Waals surface area contributed by atoms with Gasteiger partial charge in [-0.15, -0.1) is 0 Å². The number of carboxylic acid groups (broad SMARTS) is 1. The molecular formula is C28H31NO4. The zero-order valence-electron chi connectivity index (χ0n) is 19.0. The first-order chi connectivity index (χ1) is 16.1. The Morgan fingerprint density at radius 1 is 0.848 bits per heavy atom. The number of carboxylic acids is 1. The maximum atomic E-state index is 13.3. The molecule has 0 bridgehead atoms. The summed E-state index contributed by atoms with van der Waals surface area (Å²) in [4.78, 5) is 27.2. The number of hydrogen-bond donors (Lipinski definition) is 1. The first-order valence-electron chi connectivity index (χ1n) is 11.4. The zero-order chi connectivity index (χ0) is 23.5. The number of aromatic carboxylic acids is 1. The van der Waals surface area contributed by atoms with Gasteiger partial charge < -0.3 is 9.84 Å². The maximum Gasteiger partial charge on any atom is 0.335 e. The van der Waals surface area contributed by atoms with E-state index in [1.807, 2.05) is 67.6 Å². The number of esters is 1. The highest BCUT2D eigenvalue weighted by Gasteiger charge is 2.29. The first kappa shape index (κ1) is 24.2. The molecular weight excluding hydrogens is 414 g/mol. The summed E-state index contributed by atoms with van der Waals surface area (Å²) in [5, 5.41) is 9.67. The Morgan fingerprint density at radius 3 is 1.94 bits per heavy atom. The van der Waals surface area contributed by atoms with Gasteiger partial charge in [-0.3, -0.25) is 9.69 Å². The average Bonchev–Trinajstić information content (AvgIpc) is 2.83. The van der Waals surface area contributed by atoms with Crippen LogP contribution in [0.2, 0.25) is 0 Å². The van der Waals surface area contributed by atoms with Gasteiger partial charge in [0.05, 0.1) is 12.2 Å². The van der Waals surface area contributed by atoms with Crippen LogP contribution in [0.1, 0.15) is 46.8 Å². The molecule has 5 nitrogen and oxygen atoms in total. The van der Waals surface area contributed by atoms with Crippen molar-refractivity contribution >= 4 is 11.9 Å². The Hall–Kier alpha value is -3.44. The second-order valence-corrected chi connectivity index (χ2v) is 8.08. The fourth-order valence-electron chi connectivity index (χ4n) is 3.80. The van der Waals surface area contributed by atoms with Crippen LogP contribution in [0.3, 0.4) is 0 Å². The lowest BCUT2D eigenvalue weighted by Gasteiger charge is -2.31. The van der Waals surface area contributed by atoms with Crippen LogP contribution in [0.25, 0.3) is 0 Å². The molecule has 0 aromatic heterocycles. The van der Waals surface area contributed by atoms with E-state index in [0.29, 0.717) is 25.3 Å². The highest BCUT2D eigenvalue weighted by Crippen LogP contribution is 2.20. The number of hydrogen-bond acceptors (Lipinski definition) is 4. The van der Waals surface area contributed by atoms with Crippen LogP contribution in [0.5, 0.6) is 0 Å². The molecule has 0 spiro atoms. The lowest BCUT2D eigenvalue weighted by atomic mass is 9.98. The van der Waals surface area contributed by atoms with Gasteiger partial charge in [0.1, 0.15) is 6.04 Å². The van der Waals surface area contributed by atoms with Crippen molar-refractivity contribution in [1.82, 2.24) is 4.90 Å². The first-order valence-corrected chi connectivity index (χ1v) is 11.4. The number of rotatable bonds is 12. The highest BCUT2D eigenvalue weighted by molar-refractivity contribution is 5.89. The van der Waals surface area contributed by atoms with E-state index >= 15 is 0 Å². The summed E-state index contributed by atoms with van der Waals surface area (Å²) in [7, 11) is 0. The topological polar surface area (TPSA) is 66.8 Å². The molecule has 0 aliphatic rings. The van der Waals surface area contributed by atoms with Gasteiger partial charge in [0.15, 0.2) is 0 Å². The molecule has 3 rings (SSSR count). The Morgan fingerprint density at radius 2 is 1.39 bits per heavy atom. The van der Waals surface area contributed by atoms with E-state index in [4.69, 9.17) is 4.74 Å². The Kier molecular flexibility index (Phi) is 9.21. The third kappa shape index (κ3) is 7.29. The summed E-state index contributed by atoms with van der Waals surface area (Å²) in [6.45, 7) is 3.49. The van der Waals surface area contributed by atoms with E-state index in [1.165, 1.54) is 0 Å². The Balaban J connectivity index is 1.96. The van der Waals surface area contributed by atoms with Crippen LogP contribution in [0.4, 0.5) is 0 Å². The summed E-state index contributed by atoms with van der Waals surface area (Å²) in [6.07, 6.45) is 1.98. The van der Waals surface area contributed by atoms with Gasteiger partial charge in [0.25, 0.3) is 0 Å². The number of ether oxygens (including phenoxy) is 1. The molecule has 0 amide bonds. The van der Waals surface area contributed by atoms with Gasteiger partial charge in [0.2, 0.25) is 0 Å². The van der Waals surface area contributed by atoms with Gasteiger partial charge in [-0.1, -0.05) is 92.2 Å². The van der Waals surface area contributed by atoms with Crippen LogP contribution in [0.15, 0.2) is 84.9 Å². The number of benzene rings is 3. The third-order valence-corrected chi connectivity index (χ3v) is 5.57. The standard InChI is InChI=1S/C28H31NO4/c1-2-3-18-33-28(32)26(19-24-16-10-11-17-25(24)27(30)31)29(20-22-12-6-4-7-13-22)21-23-14-8-5-9-15-23/h4-17,26H,2-3,18-21H2,1H3,(H,30,31)/t26-/m0/s1. The smallest absolute Gasteiger partial charge is 0.335 e. The summed E-state index contributed by atoms with van der Waals surface area (Å²) < 4.78 is 5.65. The lowest BCUT2D eigenvalue weighted by Crippen LogP contribution is -2.43. The van der Waals surface area contributed by atoms with E-state index in [-0.39, 0.29) is 18.0 Å². The molecule has 0 aliphatic heterocycles.